The molecule has 2 rings (SSSR count). The minimum absolute atomic E-state index is 0.225. The van der Waals surface area contributed by atoms with Gasteiger partial charge in [-0.15, -0.1) is 11.3 Å². The summed E-state index contributed by atoms with van der Waals surface area (Å²) >= 11 is 3.29. The van der Waals surface area contributed by atoms with Crippen LogP contribution in [0.15, 0.2) is 35.8 Å². The van der Waals surface area contributed by atoms with Crippen molar-refractivity contribution in [2.24, 2.45) is 0 Å². The molecule has 112 valence electrons. The lowest BCUT2D eigenvalue weighted by Crippen LogP contribution is -2.43. The molecule has 0 atom stereocenters. The van der Waals surface area contributed by atoms with E-state index in [1.807, 2.05) is 37.4 Å². The zero-order valence-corrected chi connectivity index (χ0v) is 14.0. The second-order valence-corrected chi connectivity index (χ2v) is 6.94. The number of carbonyl (C=O) groups excluding carboxylic acids is 1. The van der Waals surface area contributed by atoms with E-state index in [0.29, 0.717) is 0 Å². The van der Waals surface area contributed by atoms with E-state index in [1.54, 1.807) is 18.0 Å². The molecule has 0 aliphatic heterocycles. The van der Waals surface area contributed by atoms with Crippen LogP contribution < -0.4 is 10.6 Å². The fraction of sp³-hybridized carbons (Fsp3) is 0.333. The quantitative estimate of drug-likeness (QED) is 0.873. The number of hydrogen-bond acceptors (Lipinski definition) is 4. The molecule has 0 fully saturated rings. The van der Waals surface area contributed by atoms with Crippen molar-refractivity contribution in [1.82, 2.24) is 10.3 Å². The summed E-state index contributed by atoms with van der Waals surface area (Å²) in [6, 6.07) is 7.66. The number of rotatable bonds is 5. The van der Waals surface area contributed by atoms with E-state index in [2.05, 4.69) is 27.9 Å². The smallest absolute Gasteiger partial charge is 0.319 e. The molecule has 0 saturated carbocycles. The van der Waals surface area contributed by atoms with Crippen LogP contribution in [0.2, 0.25) is 0 Å². The highest BCUT2D eigenvalue weighted by Gasteiger charge is 2.25. The molecule has 0 radical (unpaired) electrons. The van der Waals surface area contributed by atoms with E-state index in [0.717, 1.165) is 16.4 Å². The normalized spacial score (nSPS) is 11.2. The van der Waals surface area contributed by atoms with Crippen molar-refractivity contribution < 1.29 is 4.79 Å². The summed E-state index contributed by atoms with van der Waals surface area (Å²) in [5.41, 5.74) is 1.50. The Morgan fingerprint density at radius 2 is 2.24 bits per heavy atom. The number of amides is 2. The minimum Gasteiger partial charge on any atom is -0.326 e. The lowest BCUT2D eigenvalue weighted by Gasteiger charge is -2.24. The number of carbonyl (C=O) groups is 1. The number of thioether (sulfide) groups is 1. The van der Waals surface area contributed by atoms with Gasteiger partial charge in [0.05, 0.1) is 5.54 Å². The predicted octanol–water partition coefficient (Wildman–Crippen LogP) is 4.06. The summed E-state index contributed by atoms with van der Waals surface area (Å²) in [7, 11) is 0. The highest BCUT2D eigenvalue weighted by atomic mass is 32.2. The Morgan fingerprint density at radius 3 is 2.90 bits per heavy atom. The van der Waals surface area contributed by atoms with Crippen molar-refractivity contribution >= 4 is 34.8 Å². The van der Waals surface area contributed by atoms with Gasteiger partial charge in [-0.1, -0.05) is 12.1 Å². The van der Waals surface area contributed by atoms with E-state index in [1.165, 1.54) is 16.9 Å². The van der Waals surface area contributed by atoms with Gasteiger partial charge in [-0.25, -0.2) is 9.78 Å². The number of nitrogens with zero attached hydrogens (tertiary/aromatic N) is 1. The number of aromatic nitrogens is 1. The van der Waals surface area contributed by atoms with Crippen LogP contribution in [-0.2, 0) is 11.3 Å². The van der Waals surface area contributed by atoms with Crippen molar-refractivity contribution in [2.45, 2.75) is 25.1 Å². The molecule has 2 amide bonds. The number of hydrogen-bond donors (Lipinski definition) is 2. The molecule has 0 bridgehead atoms. The Hall–Kier alpha value is -1.53. The van der Waals surface area contributed by atoms with Gasteiger partial charge in [0.2, 0.25) is 0 Å². The van der Waals surface area contributed by atoms with Gasteiger partial charge in [-0.2, -0.15) is 11.8 Å². The highest BCUT2D eigenvalue weighted by Crippen LogP contribution is 2.22. The van der Waals surface area contributed by atoms with Crippen LogP contribution in [0.1, 0.15) is 24.4 Å². The van der Waals surface area contributed by atoms with Crippen LogP contribution in [-0.4, -0.2) is 17.3 Å². The number of benzene rings is 1. The first kappa shape index (κ1) is 15.9. The van der Waals surface area contributed by atoms with Crippen LogP contribution in [0.4, 0.5) is 10.5 Å². The molecule has 4 nitrogen and oxygen atoms in total. The number of nitrogens with one attached hydrogen (secondary N) is 2. The highest BCUT2D eigenvalue weighted by molar-refractivity contribution is 7.97. The minimum atomic E-state index is -0.491. The van der Waals surface area contributed by atoms with E-state index in [-0.39, 0.29) is 6.03 Å². The number of urea groups is 1. The van der Waals surface area contributed by atoms with Gasteiger partial charge < -0.3 is 10.6 Å². The number of thiazole rings is 1. The molecule has 1 aromatic heterocycles. The van der Waals surface area contributed by atoms with Crippen LogP contribution in [0, 0.1) is 0 Å². The van der Waals surface area contributed by atoms with Crippen molar-refractivity contribution in [3.63, 3.8) is 0 Å². The van der Waals surface area contributed by atoms with Gasteiger partial charge in [0.25, 0.3) is 0 Å². The second kappa shape index (κ2) is 6.95. The second-order valence-electron chi connectivity index (χ2n) is 5.17. The summed E-state index contributed by atoms with van der Waals surface area (Å²) in [6.45, 7) is 3.88. The van der Waals surface area contributed by atoms with Crippen molar-refractivity contribution in [3.8, 4) is 0 Å². The van der Waals surface area contributed by atoms with Gasteiger partial charge in [0.1, 0.15) is 5.01 Å². The van der Waals surface area contributed by atoms with Gasteiger partial charge in [-0.05, 0) is 37.8 Å². The first-order valence-corrected chi connectivity index (χ1v) is 8.85. The van der Waals surface area contributed by atoms with Gasteiger partial charge in [0, 0.05) is 23.0 Å². The molecule has 2 aromatic rings. The fourth-order valence-electron chi connectivity index (χ4n) is 1.94. The third kappa shape index (κ3) is 4.47. The van der Waals surface area contributed by atoms with E-state index >= 15 is 0 Å². The van der Waals surface area contributed by atoms with Gasteiger partial charge in [-0.3, -0.25) is 0 Å². The Kier molecular flexibility index (Phi) is 5.25. The molecule has 0 unspecified atom stereocenters. The van der Waals surface area contributed by atoms with Crippen molar-refractivity contribution in [1.29, 1.82) is 0 Å². The van der Waals surface area contributed by atoms with Crippen LogP contribution in [0.3, 0.4) is 0 Å². The molecule has 1 heterocycles. The molecular weight excluding hydrogens is 302 g/mol. The molecule has 0 saturated heterocycles. The molecule has 2 N–H and O–H groups in total. The summed E-state index contributed by atoms with van der Waals surface area (Å²) in [6.07, 6.45) is 3.80. The monoisotopic (exact) mass is 321 g/mol. The standard InChI is InChI=1S/C15H19N3OS2/c1-15(2,13-16-7-8-21-13)18-14(19)17-12-6-4-5-11(9-12)10-20-3/h4-9H,10H2,1-3H3,(H2,17,18,19). The maximum Gasteiger partial charge on any atom is 0.319 e. The molecular formula is C15H19N3OS2. The van der Waals surface area contributed by atoms with Crippen LogP contribution >= 0.6 is 23.1 Å². The summed E-state index contributed by atoms with van der Waals surface area (Å²) in [4.78, 5) is 16.4. The Morgan fingerprint density at radius 1 is 1.43 bits per heavy atom. The maximum atomic E-state index is 12.1. The van der Waals surface area contributed by atoms with Gasteiger partial charge in [0.15, 0.2) is 0 Å². The Labute approximate surface area is 133 Å². The molecule has 0 spiro atoms. The molecule has 21 heavy (non-hydrogen) atoms. The zero-order valence-electron chi connectivity index (χ0n) is 12.3. The number of anilines is 1. The van der Waals surface area contributed by atoms with Crippen LogP contribution in [0.5, 0.6) is 0 Å². The lowest BCUT2D eigenvalue weighted by molar-refractivity contribution is 0.242. The summed E-state index contributed by atoms with van der Waals surface area (Å²) in [5.74, 6) is 0.932. The molecule has 6 heteroatoms. The first-order chi connectivity index (χ1) is 10.0. The fourth-order valence-corrected chi connectivity index (χ4v) is 3.17. The average Bonchev–Trinajstić information content (AvgIpc) is 2.93. The molecule has 0 aliphatic carbocycles. The first-order valence-electron chi connectivity index (χ1n) is 6.58. The van der Waals surface area contributed by atoms with Crippen LogP contribution in [0.25, 0.3) is 0 Å². The summed E-state index contributed by atoms with van der Waals surface area (Å²) < 4.78 is 0. The van der Waals surface area contributed by atoms with Crippen molar-refractivity contribution in [3.05, 3.63) is 46.4 Å². The van der Waals surface area contributed by atoms with Gasteiger partial charge >= 0.3 is 6.03 Å². The predicted molar refractivity (Wildman–Crippen MR) is 91.0 cm³/mol. The van der Waals surface area contributed by atoms with E-state index in [4.69, 9.17) is 0 Å². The SMILES string of the molecule is CSCc1cccc(NC(=O)NC(C)(C)c2nccs2)c1. The third-order valence-electron chi connectivity index (χ3n) is 2.89. The lowest BCUT2D eigenvalue weighted by atomic mass is 10.1. The Balaban J connectivity index is 2.00. The van der Waals surface area contributed by atoms with Crippen molar-refractivity contribution in [2.75, 3.05) is 11.6 Å². The Bertz CT molecular complexity index is 597. The molecule has 0 aliphatic rings. The summed E-state index contributed by atoms with van der Waals surface area (Å²) in [5, 5.41) is 8.62. The largest absolute Gasteiger partial charge is 0.326 e. The maximum absolute atomic E-state index is 12.1. The topological polar surface area (TPSA) is 54.0 Å². The zero-order chi connectivity index (χ0) is 15.3. The van der Waals surface area contributed by atoms with E-state index < -0.39 is 5.54 Å². The van der Waals surface area contributed by atoms with E-state index in [9.17, 15) is 4.79 Å². The average molecular weight is 321 g/mol. The third-order valence-corrected chi connectivity index (χ3v) is 4.61. The molecule has 1 aromatic carbocycles.